The number of amides is 1. The topological polar surface area (TPSA) is 87.4 Å². The Morgan fingerprint density at radius 2 is 1.90 bits per heavy atom. The number of hydrogen-bond donors (Lipinski definition) is 2. The predicted octanol–water partition coefficient (Wildman–Crippen LogP) is 2.86. The molecule has 2 aliphatic carbocycles. The minimum absolute atomic E-state index is 0.226. The minimum atomic E-state index is -0.299. The Hall–Kier alpha value is -1.77. The van der Waals surface area contributed by atoms with Crippen LogP contribution in [0.2, 0.25) is 0 Å². The molecule has 2 aliphatic rings. The van der Waals surface area contributed by atoms with Gasteiger partial charge in [0.1, 0.15) is 5.82 Å². The SMILES string of the molecule is CN=C(NCCCc1nnc(SC)n1C1CCCC1)NCC1(C(=O)N(C)C)CCCC1. The third kappa shape index (κ3) is 5.73. The van der Waals surface area contributed by atoms with Gasteiger partial charge in [0, 0.05) is 46.7 Å². The summed E-state index contributed by atoms with van der Waals surface area (Å²) >= 11 is 1.69. The maximum absolute atomic E-state index is 12.8. The molecule has 0 aliphatic heterocycles. The Morgan fingerprint density at radius 3 is 2.52 bits per heavy atom. The standard InChI is InChI=1S/C22H39N7OS/c1-23-20(25-16-22(13-7-8-14-22)19(30)28(2)3)24-15-9-12-18-26-27-21(31-4)29(18)17-10-5-6-11-17/h17H,5-16H2,1-4H3,(H2,23,24,25). The van der Waals surface area contributed by atoms with Crippen LogP contribution >= 0.6 is 11.8 Å². The smallest absolute Gasteiger partial charge is 0.230 e. The number of hydrogen-bond acceptors (Lipinski definition) is 5. The van der Waals surface area contributed by atoms with Gasteiger partial charge in [-0.15, -0.1) is 10.2 Å². The number of carbonyl (C=O) groups excluding carboxylic acids is 1. The molecule has 0 aromatic carbocycles. The van der Waals surface area contributed by atoms with Crippen molar-refractivity contribution in [3.05, 3.63) is 5.82 Å². The first-order chi connectivity index (χ1) is 15.0. The van der Waals surface area contributed by atoms with Crippen LogP contribution in [0, 0.1) is 5.41 Å². The number of aromatic nitrogens is 3. The molecule has 1 heterocycles. The Labute approximate surface area is 191 Å². The zero-order valence-corrected chi connectivity index (χ0v) is 20.4. The molecule has 2 fully saturated rings. The summed E-state index contributed by atoms with van der Waals surface area (Å²) in [6.07, 6.45) is 13.1. The molecule has 1 aromatic heterocycles. The van der Waals surface area contributed by atoms with E-state index in [1.54, 1.807) is 23.7 Å². The van der Waals surface area contributed by atoms with Gasteiger partial charge in [-0.05, 0) is 38.4 Å². The third-order valence-electron chi connectivity index (χ3n) is 6.72. The maximum atomic E-state index is 12.8. The Bertz CT molecular complexity index is 749. The van der Waals surface area contributed by atoms with E-state index in [9.17, 15) is 4.79 Å². The van der Waals surface area contributed by atoms with E-state index in [0.717, 1.165) is 62.0 Å². The number of aliphatic imine (C=N–C) groups is 1. The molecular weight excluding hydrogens is 410 g/mol. The van der Waals surface area contributed by atoms with Crippen molar-refractivity contribution in [3.8, 4) is 0 Å². The van der Waals surface area contributed by atoms with Crippen LogP contribution in [0.5, 0.6) is 0 Å². The second-order valence-electron chi connectivity index (χ2n) is 9.05. The highest BCUT2D eigenvalue weighted by Gasteiger charge is 2.42. The predicted molar refractivity (Wildman–Crippen MR) is 127 cm³/mol. The van der Waals surface area contributed by atoms with Crippen molar-refractivity contribution < 1.29 is 4.79 Å². The first-order valence-corrected chi connectivity index (χ1v) is 12.9. The fraction of sp³-hybridized carbons (Fsp3) is 0.818. The molecule has 174 valence electrons. The summed E-state index contributed by atoms with van der Waals surface area (Å²) in [4.78, 5) is 18.9. The van der Waals surface area contributed by atoms with E-state index < -0.39 is 0 Å². The van der Waals surface area contributed by atoms with Crippen LogP contribution in [0.4, 0.5) is 0 Å². The van der Waals surface area contributed by atoms with E-state index >= 15 is 0 Å². The zero-order chi connectivity index (χ0) is 22.3. The summed E-state index contributed by atoms with van der Waals surface area (Å²) in [6.45, 7) is 1.44. The average Bonchev–Trinajstić information content (AvgIpc) is 3.53. The molecule has 9 heteroatoms. The van der Waals surface area contributed by atoms with Crippen molar-refractivity contribution in [2.24, 2.45) is 10.4 Å². The highest BCUT2D eigenvalue weighted by Crippen LogP contribution is 2.39. The number of aryl methyl sites for hydroxylation is 1. The first kappa shape index (κ1) is 23.9. The van der Waals surface area contributed by atoms with E-state index in [0.29, 0.717) is 12.6 Å². The molecule has 2 N–H and O–H groups in total. The Kier molecular flexibility index (Phi) is 8.63. The number of guanidine groups is 1. The monoisotopic (exact) mass is 449 g/mol. The van der Waals surface area contributed by atoms with Gasteiger partial charge in [-0.1, -0.05) is 37.4 Å². The van der Waals surface area contributed by atoms with Crippen molar-refractivity contribution in [1.29, 1.82) is 0 Å². The normalized spacial score (nSPS) is 19.0. The van der Waals surface area contributed by atoms with Crippen molar-refractivity contribution in [3.63, 3.8) is 0 Å². The second kappa shape index (κ2) is 11.2. The second-order valence-corrected chi connectivity index (χ2v) is 9.83. The van der Waals surface area contributed by atoms with Crippen LogP contribution in [-0.2, 0) is 11.2 Å². The Balaban J connectivity index is 1.49. The molecule has 3 rings (SSSR count). The minimum Gasteiger partial charge on any atom is -0.356 e. The van der Waals surface area contributed by atoms with Gasteiger partial charge < -0.3 is 20.1 Å². The number of nitrogens with zero attached hydrogens (tertiary/aromatic N) is 5. The summed E-state index contributed by atoms with van der Waals surface area (Å²) in [5, 5.41) is 16.7. The van der Waals surface area contributed by atoms with Gasteiger partial charge in [0.2, 0.25) is 5.91 Å². The van der Waals surface area contributed by atoms with E-state index in [2.05, 4.69) is 36.6 Å². The quantitative estimate of drug-likeness (QED) is 0.261. The number of thioether (sulfide) groups is 1. The molecule has 1 aromatic rings. The van der Waals surface area contributed by atoms with E-state index in [1.165, 1.54) is 25.7 Å². The highest BCUT2D eigenvalue weighted by molar-refractivity contribution is 7.98. The van der Waals surface area contributed by atoms with Crippen LogP contribution < -0.4 is 10.6 Å². The molecule has 2 saturated carbocycles. The molecule has 0 radical (unpaired) electrons. The van der Waals surface area contributed by atoms with Crippen LogP contribution in [0.3, 0.4) is 0 Å². The van der Waals surface area contributed by atoms with E-state index in [-0.39, 0.29) is 11.3 Å². The van der Waals surface area contributed by atoms with Gasteiger partial charge in [0.05, 0.1) is 5.41 Å². The molecular formula is C22H39N7OS. The lowest BCUT2D eigenvalue weighted by Crippen LogP contribution is -2.49. The van der Waals surface area contributed by atoms with Gasteiger partial charge >= 0.3 is 0 Å². The van der Waals surface area contributed by atoms with Crippen molar-refractivity contribution >= 4 is 23.6 Å². The van der Waals surface area contributed by atoms with Crippen LogP contribution in [-0.4, -0.2) is 72.0 Å². The maximum Gasteiger partial charge on any atom is 0.230 e. The van der Waals surface area contributed by atoms with Crippen molar-refractivity contribution in [2.45, 2.75) is 75.4 Å². The van der Waals surface area contributed by atoms with Crippen molar-refractivity contribution in [2.75, 3.05) is 40.5 Å². The Morgan fingerprint density at radius 1 is 1.19 bits per heavy atom. The molecule has 1 amide bonds. The van der Waals surface area contributed by atoms with Crippen LogP contribution in [0.25, 0.3) is 0 Å². The molecule has 0 spiro atoms. The van der Waals surface area contributed by atoms with Gasteiger partial charge in [0.25, 0.3) is 0 Å². The third-order valence-corrected chi connectivity index (χ3v) is 7.36. The lowest BCUT2D eigenvalue weighted by atomic mass is 9.84. The number of nitrogens with one attached hydrogen (secondary N) is 2. The van der Waals surface area contributed by atoms with Crippen LogP contribution in [0.1, 0.15) is 69.7 Å². The van der Waals surface area contributed by atoms with Gasteiger partial charge in [0.15, 0.2) is 11.1 Å². The largest absolute Gasteiger partial charge is 0.356 e. The molecule has 0 unspecified atom stereocenters. The van der Waals surface area contributed by atoms with Crippen molar-refractivity contribution in [1.82, 2.24) is 30.3 Å². The van der Waals surface area contributed by atoms with Gasteiger partial charge in [-0.2, -0.15) is 0 Å². The molecule has 0 bridgehead atoms. The van der Waals surface area contributed by atoms with E-state index in [4.69, 9.17) is 0 Å². The summed E-state index contributed by atoms with van der Waals surface area (Å²) < 4.78 is 2.38. The lowest BCUT2D eigenvalue weighted by Gasteiger charge is -2.31. The highest BCUT2D eigenvalue weighted by atomic mass is 32.2. The zero-order valence-electron chi connectivity index (χ0n) is 19.6. The van der Waals surface area contributed by atoms with Crippen LogP contribution in [0.15, 0.2) is 10.1 Å². The molecule has 31 heavy (non-hydrogen) atoms. The molecule has 8 nitrogen and oxygen atoms in total. The van der Waals surface area contributed by atoms with E-state index in [1.807, 2.05) is 14.1 Å². The summed E-state index contributed by atoms with van der Waals surface area (Å²) in [6, 6.07) is 0.562. The summed E-state index contributed by atoms with van der Waals surface area (Å²) in [7, 11) is 5.48. The first-order valence-electron chi connectivity index (χ1n) is 11.6. The fourth-order valence-electron chi connectivity index (χ4n) is 5.07. The number of carbonyl (C=O) groups is 1. The van der Waals surface area contributed by atoms with Gasteiger partial charge in [-0.3, -0.25) is 9.79 Å². The summed E-state index contributed by atoms with van der Waals surface area (Å²) in [5.74, 6) is 2.09. The average molecular weight is 450 g/mol. The fourth-order valence-corrected chi connectivity index (χ4v) is 5.64. The lowest BCUT2D eigenvalue weighted by molar-refractivity contribution is -0.138. The molecule has 0 saturated heterocycles. The number of rotatable bonds is 9. The van der Waals surface area contributed by atoms with Gasteiger partial charge in [-0.25, -0.2) is 0 Å². The summed E-state index contributed by atoms with van der Waals surface area (Å²) in [5.41, 5.74) is -0.299. The molecule has 0 atom stereocenters.